The fourth-order valence-corrected chi connectivity index (χ4v) is 4.55. The number of halogens is 1. The zero-order chi connectivity index (χ0) is 21.6. The number of hydrogen-bond donors (Lipinski definition) is 1. The van der Waals surface area contributed by atoms with E-state index in [9.17, 15) is 4.79 Å². The van der Waals surface area contributed by atoms with Crippen molar-refractivity contribution in [3.05, 3.63) is 77.2 Å². The zero-order valence-electron chi connectivity index (χ0n) is 16.6. The Labute approximate surface area is 193 Å². The van der Waals surface area contributed by atoms with Crippen LogP contribution in [0.3, 0.4) is 0 Å². The molecule has 0 saturated carbocycles. The predicted octanol–water partition coefficient (Wildman–Crippen LogP) is 5.03. The Balaban J connectivity index is 1.34. The van der Waals surface area contributed by atoms with Crippen LogP contribution >= 0.6 is 34.7 Å². The molecule has 1 aromatic carbocycles. The first-order valence-corrected chi connectivity index (χ1v) is 11.6. The van der Waals surface area contributed by atoms with Gasteiger partial charge in [0.2, 0.25) is 5.91 Å². The van der Waals surface area contributed by atoms with Gasteiger partial charge in [-0.15, -0.1) is 21.5 Å². The van der Waals surface area contributed by atoms with E-state index in [-0.39, 0.29) is 11.7 Å². The van der Waals surface area contributed by atoms with E-state index in [0.29, 0.717) is 16.6 Å². The lowest BCUT2D eigenvalue weighted by Gasteiger charge is -2.05. The highest BCUT2D eigenvalue weighted by Crippen LogP contribution is 2.34. The van der Waals surface area contributed by atoms with Gasteiger partial charge < -0.3 is 5.32 Å². The number of carbonyl (C=O) groups is 1. The third-order valence-electron chi connectivity index (χ3n) is 4.33. The summed E-state index contributed by atoms with van der Waals surface area (Å²) in [5, 5.41) is 13.8. The Morgan fingerprint density at radius 3 is 2.68 bits per heavy atom. The molecule has 3 aromatic heterocycles. The first-order valence-electron chi connectivity index (χ1n) is 9.44. The van der Waals surface area contributed by atoms with Crippen molar-refractivity contribution in [1.29, 1.82) is 0 Å². The van der Waals surface area contributed by atoms with Crippen LogP contribution in [-0.4, -0.2) is 31.8 Å². The van der Waals surface area contributed by atoms with E-state index in [2.05, 4.69) is 25.5 Å². The van der Waals surface area contributed by atoms with Gasteiger partial charge in [-0.3, -0.25) is 9.78 Å². The summed E-state index contributed by atoms with van der Waals surface area (Å²) in [5.41, 5.74) is 3.64. The molecule has 0 unspecified atom stereocenters. The van der Waals surface area contributed by atoms with Crippen LogP contribution in [0.5, 0.6) is 0 Å². The van der Waals surface area contributed by atoms with Crippen LogP contribution in [0.1, 0.15) is 11.3 Å². The number of nitrogens with zero attached hydrogens (tertiary/aromatic N) is 4. The highest BCUT2D eigenvalue weighted by atomic mass is 35.5. The van der Waals surface area contributed by atoms with Gasteiger partial charge in [0.1, 0.15) is 15.7 Å². The summed E-state index contributed by atoms with van der Waals surface area (Å²) in [7, 11) is 0. The second-order valence-corrected chi connectivity index (χ2v) is 9.06. The molecule has 0 aliphatic rings. The number of nitrogens with one attached hydrogen (secondary N) is 1. The maximum Gasteiger partial charge on any atom is 0.230 e. The number of carbonyl (C=O) groups excluding carboxylic acids is 1. The molecule has 1 amide bonds. The Bertz CT molecular complexity index is 1160. The predicted molar refractivity (Wildman–Crippen MR) is 125 cm³/mol. The number of aryl methyl sites for hydroxylation is 1. The van der Waals surface area contributed by atoms with E-state index in [4.69, 9.17) is 11.6 Å². The summed E-state index contributed by atoms with van der Waals surface area (Å²) in [6, 6.07) is 15.1. The molecule has 0 saturated heterocycles. The lowest BCUT2D eigenvalue weighted by atomic mass is 10.2. The van der Waals surface area contributed by atoms with Gasteiger partial charge >= 0.3 is 0 Å². The number of aromatic nitrogens is 4. The average Bonchev–Trinajstić information content (AvgIpc) is 3.20. The highest BCUT2D eigenvalue weighted by molar-refractivity contribution is 7.99. The fourth-order valence-electron chi connectivity index (χ4n) is 2.76. The Morgan fingerprint density at radius 1 is 1.13 bits per heavy atom. The second-order valence-electron chi connectivity index (χ2n) is 6.62. The first kappa shape index (κ1) is 21.4. The molecule has 4 aromatic rings. The quantitative estimate of drug-likeness (QED) is 0.384. The molecule has 6 nitrogen and oxygen atoms in total. The van der Waals surface area contributed by atoms with Gasteiger partial charge in [0.25, 0.3) is 0 Å². The maximum absolute atomic E-state index is 12.1. The standard InChI is InChI=1S/C22H18ClN5OS2/c1-14-21(31-22(26-14)16-3-2-10-24-12-16)18-8-9-20(28-27-18)30-13-19(29)25-11-15-4-6-17(23)7-5-15/h2-10,12H,11,13H2,1H3,(H,25,29). The maximum atomic E-state index is 12.1. The normalized spacial score (nSPS) is 10.8. The molecule has 4 rings (SSSR count). The van der Waals surface area contributed by atoms with Crippen LogP contribution in [0.4, 0.5) is 0 Å². The number of hydrogen-bond acceptors (Lipinski definition) is 7. The molecule has 31 heavy (non-hydrogen) atoms. The molecule has 9 heteroatoms. The Hall–Kier alpha value is -2.81. The van der Waals surface area contributed by atoms with E-state index < -0.39 is 0 Å². The minimum Gasteiger partial charge on any atom is -0.351 e. The molecular formula is C22H18ClN5OS2. The molecule has 0 bridgehead atoms. The monoisotopic (exact) mass is 467 g/mol. The van der Waals surface area contributed by atoms with Crippen LogP contribution in [0, 0.1) is 6.92 Å². The summed E-state index contributed by atoms with van der Waals surface area (Å²) in [4.78, 5) is 21.9. The third-order valence-corrected chi connectivity index (χ3v) is 6.73. The van der Waals surface area contributed by atoms with Crippen LogP contribution in [-0.2, 0) is 11.3 Å². The van der Waals surface area contributed by atoms with Crippen molar-refractivity contribution < 1.29 is 4.79 Å². The van der Waals surface area contributed by atoms with E-state index in [1.165, 1.54) is 11.8 Å². The lowest BCUT2D eigenvalue weighted by Crippen LogP contribution is -2.24. The molecule has 1 N–H and O–H groups in total. The average molecular weight is 468 g/mol. The van der Waals surface area contributed by atoms with E-state index >= 15 is 0 Å². The zero-order valence-corrected chi connectivity index (χ0v) is 19.0. The molecule has 0 radical (unpaired) electrons. The number of benzene rings is 1. The van der Waals surface area contributed by atoms with Gasteiger partial charge in [-0.05, 0) is 48.9 Å². The number of thioether (sulfide) groups is 1. The van der Waals surface area contributed by atoms with Gasteiger partial charge in [-0.1, -0.05) is 35.5 Å². The summed E-state index contributed by atoms with van der Waals surface area (Å²) < 4.78 is 0. The van der Waals surface area contributed by atoms with Crippen LogP contribution in [0.15, 0.2) is 66.0 Å². The molecule has 156 valence electrons. The number of thiazole rings is 1. The Kier molecular flexibility index (Phi) is 6.91. The number of rotatable bonds is 7. The van der Waals surface area contributed by atoms with E-state index in [1.54, 1.807) is 35.9 Å². The smallest absolute Gasteiger partial charge is 0.230 e. The number of amides is 1. The molecular weight excluding hydrogens is 450 g/mol. The number of pyridine rings is 1. The summed E-state index contributed by atoms with van der Waals surface area (Å²) >= 11 is 8.78. The van der Waals surface area contributed by atoms with Crippen LogP contribution in [0.25, 0.3) is 21.1 Å². The molecule has 0 aliphatic carbocycles. The highest BCUT2D eigenvalue weighted by Gasteiger charge is 2.13. The SMILES string of the molecule is Cc1nc(-c2cccnc2)sc1-c1ccc(SCC(=O)NCc2ccc(Cl)cc2)nn1. The fraction of sp³-hybridized carbons (Fsp3) is 0.136. The van der Waals surface area contributed by atoms with E-state index in [1.807, 2.05) is 43.3 Å². The molecule has 0 spiro atoms. The van der Waals surface area contributed by atoms with E-state index in [0.717, 1.165) is 32.4 Å². The summed E-state index contributed by atoms with van der Waals surface area (Å²) in [6.45, 7) is 2.42. The van der Waals surface area contributed by atoms with Crippen molar-refractivity contribution in [1.82, 2.24) is 25.5 Å². The lowest BCUT2D eigenvalue weighted by molar-refractivity contribution is -0.118. The van der Waals surface area contributed by atoms with Gasteiger partial charge in [-0.25, -0.2) is 4.98 Å². The third kappa shape index (κ3) is 5.66. The largest absolute Gasteiger partial charge is 0.351 e. The van der Waals surface area contributed by atoms with Crippen LogP contribution < -0.4 is 5.32 Å². The van der Waals surface area contributed by atoms with Crippen LogP contribution in [0.2, 0.25) is 5.02 Å². The van der Waals surface area contributed by atoms with Crippen molar-refractivity contribution in [3.8, 4) is 21.1 Å². The van der Waals surface area contributed by atoms with Gasteiger partial charge in [0.05, 0.1) is 16.3 Å². The second kappa shape index (κ2) is 10.00. The Morgan fingerprint density at radius 2 is 1.97 bits per heavy atom. The molecule has 3 heterocycles. The summed E-state index contributed by atoms with van der Waals surface area (Å²) in [6.07, 6.45) is 3.54. The van der Waals surface area contributed by atoms with Gasteiger partial charge in [0.15, 0.2) is 0 Å². The minimum atomic E-state index is -0.0646. The van der Waals surface area contributed by atoms with Crippen molar-refractivity contribution in [2.75, 3.05) is 5.75 Å². The topological polar surface area (TPSA) is 80.7 Å². The van der Waals surface area contributed by atoms with Gasteiger partial charge in [-0.2, -0.15) is 0 Å². The first-order chi connectivity index (χ1) is 15.1. The van der Waals surface area contributed by atoms with Crippen molar-refractivity contribution >= 4 is 40.6 Å². The molecule has 0 atom stereocenters. The molecule has 0 fully saturated rings. The molecule has 0 aliphatic heterocycles. The van der Waals surface area contributed by atoms with Crippen molar-refractivity contribution in [3.63, 3.8) is 0 Å². The minimum absolute atomic E-state index is 0.0646. The van der Waals surface area contributed by atoms with Crippen molar-refractivity contribution in [2.24, 2.45) is 0 Å². The van der Waals surface area contributed by atoms with Crippen molar-refractivity contribution in [2.45, 2.75) is 18.5 Å². The van der Waals surface area contributed by atoms with Gasteiger partial charge in [0, 0.05) is 29.5 Å². The summed E-state index contributed by atoms with van der Waals surface area (Å²) in [5.74, 6) is 0.206.